The van der Waals surface area contributed by atoms with Crippen LogP contribution in [-0.4, -0.2) is 40.5 Å². The molecule has 2 rings (SSSR count). The molecule has 0 aliphatic carbocycles. The molecule has 6 nitrogen and oxygen atoms in total. The van der Waals surface area contributed by atoms with Crippen molar-refractivity contribution < 1.29 is 14.7 Å². The van der Waals surface area contributed by atoms with Gasteiger partial charge in [0, 0.05) is 24.7 Å². The summed E-state index contributed by atoms with van der Waals surface area (Å²) in [5, 5.41) is 13.8. The number of hydrogen-bond donors (Lipinski definition) is 3. The molecule has 27 heavy (non-hydrogen) atoms. The summed E-state index contributed by atoms with van der Waals surface area (Å²) in [4.78, 5) is 27.0. The van der Waals surface area contributed by atoms with E-state index in [1.54, 1.807) is 32.9 Å². The Balaban J connectivity index is 2.10. The molecule has 7 heteroatoms. The Labute approximate surface area is 166 Å². The molecule has 0 bridgehead atoms. The third kappa shape index (κ3) is 5.21. The number of benzene rings is 1. The molecule has 1 aliphatic heterocycles. The summed E-state index contributed by atoms with van der Waals surface area (Å²) in [7, 11) is 0. The van der Waals surface area contributed by atoms with Crippen LogP contribution in [0.3, 0.4) is 0 Å². The number of aliphatic hydroxyl groups excluding tert-OH is 1. The Hall–Kier alpha value is -1.63. The van der Waals surface area contributed by atoms with Crippen molar-refractivity contribution in [3.05, 3.63) is 34.3 Å². The number of amides is 2. The first-order valence-electron chi connectivity index (χ1n) is 9.28. The number of nitrogens with zero attached hydrogens (tertiary/aromatic N) is 1. The zero-order chi connectivity index (χ0) is 20.4. The van der Waals surface area contributed by atoms with Gasteiger partial charge in [0.1, 0.15) is 12.1 Å². The molecule has 0 aromatic heterocycles. The number of hydrogen-bond acceptors (Lipinski definition) is 4. The maximum absolute atomic E-state index is 12.8. The van der Waals surface area contributed by atoms with E-state index in [1.807, 2.05) is 13.0 Å². The number of nitrogens with two attached hydrogens (primary N) is 1. The lowest BCUT2D eigenvalue weighted by Crippen LogP contribution is -2.51. The second-order valence-electron chi connectivity index (χ2n) is 8.45. The molecule has 2 amide bonds. The molecule has 0 unspecified atom stereocenters. The van der Waals surface area contributed by atoms with Gasteiger partial charge in [-0.05, 0) is 41.0 Å². The molecule has 1 fully saturated rings. The quantitative estimate of drug-likeness (QED) is 0.711. The predicted octanol–water partition coefficient (Wildman–Crippen LogP) is 2.06. The van der Waals surface area contributed by atoms with Crippen LogP contribution in [0.2, 0.25) is 5.02 Å². The van der Waals surface area contributed by atoms with Gasteiger partial charge >= 0.3 is 0 Å². The number of rotatable bonds is 5. The van der Waals surface area contributed by atoms with E-state index in [4.69, 9.17) is 17.3 Å². The first-order chi connectivity index (χ1) is 12.5. The second-order valence-corrected chi connectivity index (χ2v) is 8.89. The molecule has 1 aliphatic rings. The standard InChI is InChI=1S/C20H30ClN3O3/c1-12-7-16(24(11-12)19(27)17(25)20(2,3)4)18(26)23-10-14-8-15(21)6-5-13(14)9-22/h5-6,8,12,16-17,25H,7,9-11,22H2,1-4H3,(H,23,26)/t12-,16-,17+/m0/s1. The lowest BCUT2D eigenvalue weighted by atomic mass is 9.88. The largest absolute Gasteiger partial charge is 0.383 e. The van der Waals surface area contributed by atoms with Crippen LogP contribution < -0.4 is 11.1 Å². The normalized spacial score (nSPS) is 21.2. The minimum Gasteiger partial charge on any atom is -0.383 e. The molecular weight excluding hydrogens is 366 g/mol. The van der Waals surface area contributed by atoms with Crippen molar-refractivity contribution in [1.29, 1.82) is 0 Å². The van der Waals surface area contributed by atoms with E-state index in [0.29, 0.717) is 31.1 Å². The van der Waals surface area contributed by atoms with Gasteiger partial charge in [0.25, 0.3) is 5.91 Å². The molecule has 1 heterocycles. The Morgan fingerprint density at radius 1 is 1.37 bits per heavy atom. The monoisotopic (exact) mass is 395 g/mol. The van der Waals surface area contributed by atoms with Crippen molar-refractivity contribution >= 4 is 23.4 Å². The van der Waals surface area contributed by atoms with Crippen LogP contribution in [0.15, 0.2) is 18.2 Å². The smallest absolute Gasteiger partial charge is 0.252 e. The van der Waals surface area contributed by atoms with Gasteiger partial charge in [0.2, 0.25) is 5.91 Å². The second kappa shape index (κ2) is 8.59. The van der Waals surface area contributed by atoms with Crippen LogP contribution in [0, 0.1) is 11.3 Å². The van der Waals surface area contributed by atoms with Crippen LogP contribution >= 0.6 is 11.6 Å². The van der Waals surface area contributed by atoms with Gasteiger partial charge in [-0.25, -0.2) is 0 Å². The van der Waals surface area contributed by atoms with Crippen LogP contribution in [0.1, 0.15) is 45.2 Å². The van der Waals surface area contributed by atoms with Gasteiger partial charge < -0.3 is 21.1 Å². The first-order valence-corrected chi connectivity index (χ1v) is 9.66. The first kappa shape index (κ1) is 21.7. The third-order valence-electron chi connectivity index (χ3n) is 4.99. The van der Waals surface area contributed by atoms with Gasteiger partial charge in [-0.2, -0.15) is 0 Å². The number of aliphatic hydroxyl groups is 1. The Bertz CT molecular complexity index is 702. The summed E-state index contributed by atoms with van der Waals surface area (Å²) in [5.74, 6) is -0.420. The SMILES string of the molecule is C[C@H]1C[C@@H](C(=O)NCc2cc(Cl)ccc2CN)N(C(=O)[C@@H](O)C(C)(C)C)C1. The predicted molar refractivity (Wildman–Crippen MR) is 106 cm³/mol. The summed E-state index contributed by atoms with van der Waals surface area (Å²) in [6.45, 7) is 8.52. The average molecular weight is 396 g/mol. The third-order valence-corrected chi connectivity index (χ3v) is 5.23. The van der Waals surface area contributed by atoms with Crippen molar-refractivity contribution in [2.24, 2.45) is 17.1 Å². The summed E-state index contributed by atoms with van der Waals surface area (Å²) < 4.78 is 0. The zero-order valence-electron chi connectivity index (χ0n) is 16.5. The van der Waals surface area contributed by atoms with Gasteiger partial charge in [-0.1, -0.05) is 45.4 Å². The summed E-state index contributed by atoms with van der Waals surface area (Å²) >= 11 is 6.04. The van der Waals surface area contributed by atoms with E-state index >= 15 is 0 Å². The van der Waals surface area contributed by atoms with Gasteiger partial charge in [-0.3, -0.25) is 9.59 Å². The Morgan fingerprint density at radius 3 is 2.63 bits per heavy atom. The van der Waals surface area contributed by atoms with Crippen LogP contribution in [0.5, 0.6) is 0 Å². The van der Waals surface area contributed by atoms with Crippen LogP contribution in [0.25, 0.3) is 0 Å². The Morgan fingerprint density at radius 2 is 2.04 bits per heavy atom. The molecule has 150 valence electrons. The number of carbonyl (C=O) groups excluding carboxylic acids is 2. The number of halogens is 1. The summed E-state index contributed by atoms with van der Waals surface area (Å²) in [5.41, 5.74) is 6.94. The van der Waals surface area contributed by atoms with E-state index < -0.39 is 23.5 Å². The molecule has 0 radical (unpaired) electrons. The van der Waals surface area contributed by atoms with Crippen LogP contribution in [-0.2, 0) is 22.7 Å². The van der Waals surface area contributed by atoms with E-state index in [9.17, 15) is 14.7 Å². The molecule has 1 aromatic rings. The lowest BCUT2D eigenvalue weighted by molar-refractivity contribution is -0.150. The highest BCUT2D eigenvalue weighted by atomic mass is 35.5. The van der Waals surface area contributed by atoms with Gasteiger partial charge in [0.05, 0.1) is 0 Å². The topological polar surface area (TPSA) is 95.7 Å². The zero-order valence-corrected chi connectivity index (χ0v) is 17.2. The molecule has 1 aromatic carbocycles. The molecule has 4 N–H and O–H groups in total. The van der Waals surface area contributed by atoms with Crippen molar-refractivity contribution in [3.63, 3.8) is 0 Å². The minimum absolute atomic E-state index is 0.197. The van der Waals surface area contributed by atoms with Crippen LogP contribution in [0.4, 0.5) is 0 Å². The van der Waals surface area contributed by atoms with Crippen molar-refractivity contribution in [2.75, 3.05) is 6.54 Å². The fourth-order valence-corrected chi connectivity index (χ4v) is 3.52. The molecule has 0 saturated carbocycles. The highest BCUT2D eigenvalue weighted by Crippen LogP contribution is 2.28. The molecule has 0 spiro atoms. The maximum Gasteiger partial charge on any atom is 0.252 e. The van der Waals surface area contributed by atoms with E-state index in [1.165, 1.54) is 4.90 Å². The minimum atomic E-state index is -1.14. The fourth-order valence-electron chi connectivity index (χ4n) is 3.32. The number of carbonyl (C=O) groups is 2. The maximum atomic E-state index is 12.8. The summed E-state index contributed by atoms with van der Waals surface area (Å²) in [6, 6.07) is 4.82. The fraction of sp³-hybridized carbons (Fsp3) is 0.600. The number of likely N-dealkylation sites (tertiary alicyclic amines) is 1. The molecular formula is C20H30ClN3O3. The average Bonchev–Trinajstić information content (AvgIpc) is 2.99. The molecule has 3 atom stereocenters. The van der Waals surface area contributed by atoms with Gasteiger partial charge in [-0.15, -0.1) is 0 Å². The Kier molecular flexibility index (Phi) is 6.89. The highest BCUT2D eigenvalue weighted by Gasteiger charge is 2.42. The van der Waals surface area contributed by atoms with E-state index in [2.05, 4.69) is 5.32 Å². The van der Waals surface area contributed by atoms with Crippen molar-refractivity contribution in [2.45, 2.75) is 59.4 Å². The summed E-state index contributed by atoms with van der Waals surface area (Å²) in [6.07, 6.45) is -0.567. The molecule has 1 saturated heterocycles. The van der Waals surface area contributed by atoms with Crippen molar-refractivity contribution in [1.82, 2.24) is 10.2 Å². The van der Waals surface area contributed by atoms with Gasteiger partial charge in [0.15, 0.2) is 0 Å². The highest BCUT2D eigenvalue weighted by molar-refractivity contribution is 6.30. The van der Waals surface area contributed by atoms with E-state index in [-0.39, 0.29) is 11.8 Å². The van der Waals surface area contributed by atoms with E-state index in [0.717, 1.165) is 11.1 Å². The lowest BCUT2D eigenvalue weighted by Gasteiger charge is -2.31. The van der Waals surface area contributed by atoms with Crippen molar-refractivity contribution in [3.8, 4) is 0 Å². The number of nitrogens with one attached hydrogen (secondary N) is 1.